The largest absolute Gasteiger partial charge is 0.496 e. The van der Waals surface area contributed by atoms with Gasteiger partial charge in [0.15, 0.2) is 0 Å². The molecule has 1 aromatic heterocycles. The summed E-state index contributed by atoms with van der Waals surface area (Å²) in [6.45, 7) is 8.34. The molecule has 0 saturated heterocycles. The number of nitrogens with one attached hydrogen (secondary N) is 1. The number of hydrogen-bond acceptors (Lipinski definition) is 2. The number of ether oxygens (including phenoxy) is 1. The SMILES string of the molecule is COc1ccc(-c2c(C)cccc2C)cc1-c1nc(C)c(C)[nH]1. The highest BCUT2D eigenvalue weighted by atomic mass is 16.5. The lowest BCUT2D eigenvalue weighted by Crippen LogP contribution is -1.93. The topological polar surface area (TPSA) is 37.9 Å². The zero-order chi connectivity index (χ0) is 16.6. The minimum atomic E-state index is 0.828. The Bertz CT molecular complexity index is 822. The predicted molar refractivity (Wildman–Crippen MR) is 95.0 cm³/mol. The summed E-state index contributed by atoms with van der Waals surface area (Å²) in [7, 11) is 1.69. The number of methoxy groups -OCH3 is 1. The maximum absolute atomic E-state index is 5.54. The van der Waals surface area contributed by atoms with E-state index in [9.17, 15) is 0 Å². The van der Waals surface area contributed by atoms with Crippen LogP contribution in [0.5, 0.6) is 5.75 Å². The standard InChI is InChI=1S/C20H22N2O/c1-12-7-6-8-13(2)19(12)16-9-10-18(23-5)17(11-16)20-21-14(3)15(4)22-20/h6-11H,1-5H3,(H,21,22). The molecule has 0 saturated carbocycles. The second kappa shape index (κ2) is 5.92. The Labute approximate surface area is 137 Å². The van der Waals surface area contributed by atoms with Crippen LogP contribution in [0, 0.1) is 27.7 Å². The second-order valence-electron chi connectivity index (χ2n) is 5.98. The highest BCUT2D eigenvalue weighted by molar-refractivity contribution is 5.78. The molecule has 0 aliphatic carbocycles. The fourth-order valence-electron chi connectivity index (χ4n) is 2.99. The highest BCUT2D eigenvalue weighted by Crippen LogP contribution is 2.35. The zero-order valence-electron chi connectivity index (χ0n) is 14.3. The van der Waals surface area contributed by atoms with Crippen LogP contribution in [0.3, 0.4) is 0 Å². The van der Waals surface area contributed by atoms with Crippen molar-refractivity contribution in [3.63, 3.8) is 0 Å². The quantitative estimate of drug-likeness (QED) is 0.740. The van der Waals surface area contributed by atoms with Crippen molar-refractivity contribution >= 4 is 0 Å². The predicted octanol–water partition coefficient (Wildman–Crippen LogP) is 4.99. The third kappa shape index (κ3) is 2.74. The highest BCUT2D eigenvalue weighted by Gasteiger charge is 2.14. The average Bonchev–Trinajstić information content (AvgIpc) is 2.86. The van der Waals surface area contributed by atoms with E-state index < -0.39 is 0 Å². The van der Waals surface area contributed by atoms with Crippen LogP contribution < -0.4 is 4.74 Å². The minimum absolute atomic E-state index is 0.828. The summed E-state index contributed by atoms with van der Waals surface area (Å²) < 4.78 is 5.54. The first-order valence-electron chi connectivity index (χ1n) is 7.79. The van der Waals surface area contributed by atoms with E-state index in [1.807, 2.05) is 19.9 Å². The molecule has 1 heterocycles. The van der Waals surface area contributed by atoms with Crippen molar-refractivity contribution in [2.75, 3.05) is 7.11 Å². The van der Waals surface area contributed by atoms with E-state index in [4.69, 9.17) is 4.74 Å². The van der Waals surface area contributed by atoms with Crippen LogP contribution in [0.1, 0.15) is 22.5 Å². The van der Waals surface area contributed by atoms with Gasteiger partial charge in [-0.25, -0.2) is 4.98 Å². The van der Waals surface area contributed by atoms with Crippen molar-refractivity contribution in [1.29, 1.82) is 0 Å². The number of benzene rings is 2. The van der Waals surface area contributed by atoms with Gasteiger partial charge < -0.3 is 9.72 Å². The van der Waals surface area contributed by atoms with Crippen molar-refractivity contribution in [1.82, 2.24) is 9.97 Å². The molecule has 2 aromatic carbocycles. The van der Waals surface area contributed by atoms with Crippen LogP contribution in [-0.4, -0.2) is 17.1 Å². The molecule has 3 nitrogen and oxygen atoms in total. The Morgan fingerprint density at radius 2 is 1.65 bits per heavy atom. The molecule has 0 fully saturated rings. The van der Waals surface area contributed by atoms with Gasteiger partial charge in [0.05, 0.1) is 18.4 Å². The fraction of sp³-hybridized carbons (Fsp3) is 0.250. The third-order valence-electron chi connectivity index (χ3n) is 4.35. The fourth-order valence-corrected chi connectivity index (χ4v) is 2.99. The zero-order valence-corrected chi connectivity index (χ0v) is 14.3. The summed E-state index contributed by atoms with van der Waals surface area (Å²) in [6.07, 6.45) is 0. The Kier molecular flexibility index (Phi) is 3.95. The lowest BCUT2D eigenvalue weighted by molar-refractivity contribution is 0.416. The molecule has 0 bridgehead atoms. The summed E-state index contributed by atoms with van der Waals surface area (Å²) >= 11 is 0. The van der Waals surface area contributed by atoms with E-state index in [0.29, 0.717) is 0 Å². The van der Waals surface area contributed by atoms with E-state index in [-0.39, 0.29) is 0 Å². The molecule has 1 N–H and O–H groups in total. The first-order valence-corrected chi connectivity index (χ1v) is 7.79. The lowest BCUT2D eigenvalue weighted by Gasteiger charge is -2.13. The summed E-state index contributed by atoms with van der Waals surface area (Å²) in [6, 6.07) is 12.7. The van der Waals surface area contributed by atoms with Gasteiger partial charge in [0.1, 0.15) is 11.6 Å². The first kappa shape index (κ1) is 15.3. The van der Waals surface area contributed by atoms with Crippen molar-refractivity contribution < 1.29 is 4.74 Å². The first-order chi connectivity index (χ1) is 11.0. The number of H-pyrrole nitrogens is 1. The van der Waals surface area contributed by atoms with Crippen LogP contribution in [0.15, 0.2) is 36.4 Å². The van der Waals surface area contributed by atoms with Crippen molar-refractivity contribution in [2.45, 2.75) is 27.7 Å². The van der Waals surface area contributed by atoms with Gasteiger partial charge in [0.2, 0.25) is 0 Å². The number of aromatic amines is 1. The van der Waals surface area contributed by atoms with Crippen LogP contribution in [0.4, 0.5) is 0 Å². The molecule has 0 radical (unpaired) electrons. The molecule has 0 aliphatic rings. The molecule has 118 valence electrons. The maximum Gasteiger partial charge on any atom is 0.141 e. The minimum Gasteiger partial charge on any atom is -0.496 e. The molecule has 0 unspecified atom stereocenters. The summed E-state index contributed by atoms with van der Waals surface area (Å²) in [5, 5.41) is 0. The van der Waals surface area contributed by atoms with E-state index in [1.54, 1.807) is 7.11 Å². The molecule has 3 aromatic rings. The van der Waals surface area contributed by atoms with Gasteiger partial charge in [-0.2, -0.15) is 0 Å². The molecule has 0 aliphatic heterocycles. The van der Waals surface area contributed by atoms with Crippen LogP contribution in [0.2, 0.25) is 0 Å². The second-order valence-corrected chi connectivity index (χ2v) is 5.98. The van der Waals surface area contributed by atoms with Crippen LogP contribution in [-0.2, 0) is 0 Å². The summed E-state index contributed by atoms with van der Waals surface area (Å²) in [4.78, 5) is 7.99. The van der Waals surface area contributed by atoms with Crippen molar-refractivity contribution in [3.8, 4) is 28.3 Å². The van der Waals surface area contributed by atoms with Gasteiger partial charge in [-0.1, -0.05) is 24.3 Å². The molecule has 3 rings (SSSR count). The number of imidazole rings is 1. The average molecular weight is 306 g/mol. The number of nitrogens with zero attached hydrogens (tertiary/aromatic N) is 1. The van der Waals surface area contributed by atoms with E-state index in [0.717, 1.165) is 28.5 Å². The van der Waals surface area contributed by atoms with E-state index in [2.05, 4.69) is 54.1 Å². The number of aromatic nitrogens is 2. The Hall–Kier alpha value is -2.55. The van der Waals surface area contributed by atoms with Gasteiger partial charge in [0, 0.05) is 5.69 Å². The lowest BCUT2D eigenvalue weighted by atomic mass is 9.94. The van der Waals surface area contributed by atoms with Gasteiger partial charge >= 0.3 is 0 Å². The molecule has 0 atom stereocenters. The van der Waals surface area contributed by atoms with Gasteiger partial charge in [0.25, 0.3) is 0 Å². The molecular weight excluding hydrogens is 284 g/mol. The van der Waals surface area contributed by atoms with Crippen molar-refractivity contribution in [3.05, 3.63) is 58.9 Å². The monoisotopic (exact) mass is 306 g/mol. The van der Waals surface area contributed by atoms with Crippen LogP contribution >= 0.6 is 0 Å². The maximum atomic E-state index is 5.54. The normalized spacial score (nSPS) is 10.8. The van der Waals surface area contributed by atoms with Crippen LogP contribution in [0.25, 0.3) is 22.5 Å². The Balaban J connectivity index is 2.20. The van der Waals surface area contributed by atoms with E-state index >= 15 is 0 Å². The van der Waals surface area contributed by atoms with Gasteiger partial charge in [-0.3, -0.25) is 0 Å². The smallest absolute Gasteiger partial charge is 0.141 e. The number of aryl methyl sites for hydroxylation is 4. The van der Waals surface area contributed by atoms with Crippen molar-refractivity contribution in [2.24, 2.45) is 0 Å². The Morgan fingerprint density at radius 3 is 2.22 bits per heavy atom. The number of rotatable bonds is 3. The summed E-state index contributed by atoms with van der Waals surface area (Å²) in [5.41, 5.74) is 8.09. The molecule has 23 heavy (non-hydrogen) atoms. The summed E-state index contributed by atoms with van der Waals surface area (Å²) in [5.74, 6) is 1.68. The van der Waals surface area contributed by atoms with Gasteiger partial charge in [-0.15, -0.1) is 0 Å². The Morgan fingerprint density at radius 1 is 0.957 bits per heavy atom. The number of hydrogen-bond donors (Lipinski definition) is 1. The molecule has 0 amide bonds. The third-order valence-corrected chi connectivity index (χ3v) is 4.35. The van der Waals surface area contributed by atoms with Gasteiger partial charge in [-0.05, 0) is 62.1 Å². The molecule has 3 heteroatoms. The molecule has 0 spiro atoms. The molecular formula is C20H22N2O. The van der Waals surface area contributed by atoms with E-state index in [1.165, 1.54) is 22.3 Å².